The summed E-state index contributed by atoms with van der Waals surface area (Å²) in [6, 6.07) is -0.665. The number of hydrogen-bond acceptors (Lipinski definition) is 3. The number of rotatable bonds is 3. The predicted molar refractivity (Wildman–Crippen MR) is 43.4 cm³/mol. The van der Waals surface area contributed by atoms with Gasteiger partial charge in [0.05, 0.1) is 0 Å². The van der Waals surface area contributed by atoms with Gasteiger partial charge in [-0.3, -0.25) is 9.69 Å². The third-order valence-electron chi connectivity index (χ3n) is 1.87. The highest BCUT2D eigenvalue weighted by Gasteiger charge is 2.35. The first-order valence-electron chi connectivity index (χ1n) is 4.02. The quantitative estimate of drug-likeness (QED) is 0.550. The van der Waals surface area contributed by atoms with Crippen LogP contribution in [0.15, 0.2) is 0 Å². The lowest BCUT2D eigenvalue weighted by Crippen LogP contribution is -2.35. The van der Waals surface area contributed by atoms with Crippen LogP contribution in [0, 0.1) is 0 Å². The van der Waals surface area contributed by atoms with Crippen molar-refractivity contribution in [3.63, 3.8) is 0 Å². The van der Waals surface area contributed by atoms with Gasteiger partial charge in [-0.2, -0.15) is 0 Å². The highest BCUT2D eigenvalue weighted by molar-refractivity contribution is 6.04. The second-order valence-electron chi connectivity index (χ2n) is 2.69. The van der Waals surface area contributed by atoms with E-state index in [1.807, 2.05) is 6.92 Å². The summed E-state index contributed by atoms with van der Waals surface area (Å²) in [6.45, 7) is 2.48. The molecule has 0 spiro atoms. The molecule has 1 unspecified atom stereocenters. The number of nitrogens with two attached hydrogens (primary N) is 1. The molecular formula is C7H13N3O2. The van der Waals surface area contributed by atoms with Crippen molar-refractivity contribution < 1.29 is 9.59 Å². The molecule has 3 N–H and O–H groups in total. The summed E-state index contributed by atoms with van der Waals surface area (Å²) < 4.78 is 0. The van der Waals surface area contributed by atoms with Gasteiger partial charge in [-0.15, -0.1) is 0 Å². The maximum Gasteiger partial charge on any atom is 0.324 e. The summed E-state index contributed by atoms with van der Waals surface area (Å²) >= 11 is 0. The Hall–Kier alpha value is -1.10. The van der Waals surface area contributed by atoms with Crippen LogP contribution in [0.3, 0.4) is 0 Å². The molecule has 0 aromatic carbocycles. The zero-order chi connectivity index (χ0) is 9.14. The van der Waals surface area contributed by atoms with Gasteiger partial charge in [0, 0.05) is 13.1 Å². The van der Waals surface area contributed by atoms with E-state index in [2.05, 4.69) is 5.32 Å². The molecule has 1 aliphatic rings. The van der Waals surface area contributed by atoms with Gasteiger partial charge in [0.25, 0.3) is 5.91 Å². The normalized spacial score (nSPS) is 23.2. The highest BCUT2D eigenvalue weighted by atomic mass is 16.2. The molecule has 5 nitrogen and oxygen atoms in total. The summed E-state index contributed by atoms with van der Waals surface area (Å²) in [4.78, 5) is 23.6. The summed E-state index contributed by atoms with van der Waals surface area (Å²) in [6.07, 6.45) is 0.631. The SMILES string of the molecule is CCC1NC(=O)N(CCN)C1=O. The number of urea groups is 1. The Morgan fingerprint density at radius 2 is 2.25 bits per heavy atom. The number of hydrogen-bond donors (Lipinski definition) is 2. The van der Waals surface area contributed by atoms with E-state index in [0.717, 1.165) is 4.90 Å². The molecule has 12 heavy (non-hydrogen) atoms. The van der Waals surface area contributed by atoms with Gasteiger partial charge in [-0.25, -0.2) is 4.79 Å². The highest BCUT2D eigenvalue weighted by Crippen LogP contribution is 2.07. The Bertz CT molecular complexity index is 205. The Morgan fingerprint density at radius 1 is 1.58 bits per heavy atom. The van der Waals surface area contributed by atoms with Gasteiger partial charge >= 0.3 is 6.03 Å². The summed E-state index contributed by atoms with van der Waals surface area (Å²) in [5, 5.41) is 2.57. The maximum absolute atomic E-state index is 11.3. The van der Waals surface area contributed by atoms with E-state index in [4.69, 9.17) is 5.73 Å². The van der Waals surface area contributed by atoms with Crippen molar-refractivity contribution >= 4 is 11.9 Å². The predicted octanol–water partition coefficient (Wildman–Crippen LogP) is -0.724. The molecule has 5 heteroatoms. The Labute approximate surface area is 70.9 Å². The van der Waals surface area contributed by atoms with Crippen LogP contribution in [0.25, 0.3) is 0 Å². The molecule has 1 atom stereocenters. The Kier molecular flexibility index (Phi) is 2.65. The Morgan fingerprint density at radius 3 is 2.67 bits per heavy atom. The third-order valence-corrected chi connectivity index (χ3v) is 1.87. The van der Waals surface area contributed by atoms with Crippen molar-refractivity contribution in [3.05, 3.63) is 0 Å². The van der Waals surface area contributed by atoms with Crippen LogP contribution in [-0.2, 0) is 4.79 Å². The maximum atomic E-state index is 11.3. The number of imide groups is 1. The van der Waals surface area contributed by atoms with Crippen molar-refractivity contribution in [2.75, 3.05) is 13.1 Å². The minimum Gasteiger partial charge on any atom is -0.329 e. The van der Waals surface area contributed by atoms with Gasteiger partial charge in [0.15, 0.2) is 0 Å². The minimum atomic E-state index is -0.343. The van der Waals surface area contributed by atoms with Crippen molar-refractivity contribution in [2.24, 2.45) is 5.73 Å². The first kappa shape index (κ1) is 8.99. The summed E-state index contributed by atoms with van der Waals surface area (Å²) in [5.74, 6) is -0.159. The molecule has 0 aromatic rings. The molecule has 0 bridgehead atoms. The average Bonchev–Trinajstić information content (AvgIpc) is 2.32. The van der Waals surface area contributed by atoms with Crippen molar-refractivity contribution in [1.29, 1.82) is 0 Å². The van der Waals surface area contributed by atoms with E-state index in [9.17, 15) is 9.59 Å². The molecule has 1 rings (SSSR count). The van der Waals surface area contributed by atoms with E-state index in [1.54, 1.807) is 0 Å². The molecule has 1 fully saturated rings. The zero-order valence-electron chi connectivity index (χ0n) is 7.04. The smallest absolute Gasteiger partial charge is 0.324 e. The van der Waals surface area contributed by atoms with Crippen LogP contribution >= 0.6 is 0 Å². The van der Waals surface area contributed by atoms with Gasteiger partial charge in [0.1, 0.15) is 6.04 Å². The lowest BCUT2D eigenvalue weighted by molar-refractivity contribution is -0.127. The Balaban J connectivity index is 2.64. The number of nitrogens with one attached hydrogen (secondary N) is 1. The first-order chi connectivity index (χ1) is 5.70. The van der Waals surface area contributed by atoms with E-state index in [1.165, 1.54) is 0 Å². The molecule has 1 aliphatic heterocycles. The standard InChI is InChI=1S/C7H13N3O2/c1-2-5-6(11)10(4-3-8)7(12)9-5/h5H,2-4,8H2,1H3,(H,9,12). The van der Waals surface area contributed by atoms with E-state index in [0.29, 0.717) is 19.5 Å². The van der Waals surface area contributed by atoms with Crippen LogP contribution in [0.1, 0.15) is 13.3 Å². The monoisotopic (exact) mass is 171 g/mol. The van der Waals surface area contributed by atoms with E-state index < -0.39 is 0 Å². The molecule has 0 saturated carbocycles. The first-order valence-corrected chi connectivity index (χ1v) is 4.02. The summed E-state index contributed by atoms with van der Waals surface area (Å²) in [5.41, 5.74) is 5.25. The number of amides is 3. The fourth-order valence-electron chi connectivity index (χ4n) is 1.19. The van der Waals surface area contributed by atoms with Gasteiger partial charge < -0.3 is 11.1 Å². The molecule has 0 radical (unpaired) electrons. The van der Waals surface area contributed by atoms with Crippen LogP contribution in [0.4, 0.5) is 4.79 Å². The topological polar surface area (TPSA) is 75.4 Å². The third kappa shape index (κ3) is 1.40. The largest absolute Gasteiger partial charge is 0.329 e. The van der Waals surface area contributed by atoms with Gasteiger partial charge in [-0.1, -0.05) is 6.92 Å². The van der Waals surface area contributed by atoms with Crippen molar-refractivity contribution in [1.82, 2.24) is 10.2 Å². The molecule has 3 amide bonds. The average molecular weight is 171 g/mol. The molecular weight excluding hydrogens is 158 g/mol. The fourth-order valence-corrected chi connectivity index (χ4v) is 1.19. The molecule has 0 aliphatic carbocycles. The fraction of sp³-hybridized carbons (Fsp3) is 0.714. The zero-order valence-corrected chi connectivity index (χ0v) is 7.04. The number of carbonyl (C=O) groups excluding carboxylic acids is 2. The van der Waals surface area contributed by atoms with E-state index >= 15 is 0 Å². The van der Waals surface area contributed by atoms with Crippen LogP contribution in [0.2, 0.25) is 0 Å². The molecule has 1 heterocycles. The van der Waals surface area contributed by atoms with Crippen LogP contribution in [-0.4, -0.2) is 36.0 Å². The molecule has 0 aromatic heterocycles. The lowest BCUT2D eigenvalue weighted by atomic mass is 10.2. The van der Waals surface area contributed by atoms with Crippen LogP contribution in [0.5, 0.6) is 0 Å². The van der Waals surface area contributed by atoms with Crippen LogP contribution < -0.4 is 11.1 Å². The number of carbonyl (C=O) groups is 2. The van der Waals surface area contributed by atoms with E-state index in [-0.39, 0.29) is 18.0 Å². The number of nitrogens with zero attached hydrogens (tertiary/aromatic N) is 1. The molecule has 1 saturated heterocycles. The second kappa shape index (κ2) is 3.53. The summed E-state index contributed by atoms with van der Waals surface area (Å²) in [7, 11) is 0. The lowest BCUT2D eigenvalue weighted by Gasteiger charge is -2.09. The van der Waals surface area contributed by atoms with Gasteiger partial charge in [0.2, 0.25) is 0 Å². The van der Waals surface area contributed by atoms with Gasteiger partial charge in [-0.05, 0) is 6.42 Å². The molecule has 68 valence electrons. The van der Waals surface area contributed by atoms with Crippen molar-refractivity contribution in [3.8, 4) is 0 Å². The minimum absolute atomic E-state index is 0.159. The van der Waals surface area contributed by atoms with Crippen molar-refractivity contribution in [2.45, 2.75) is 19.4 Å². The second-order valence-corrected chi connectivity index (χ2v) is 2.69.